The van der Waals surface area contributed by atoms with Crippen LogP contribution in [0.2, 0.25) is 0 Å². The minimum atomic E-state index is -0.394. The van der Waals surface area contributed by atoms with Crippen molar-refractivity contribution >= 4 is 24.6 Å². The molecule has 1 fully saturated rings. The van der Waals surface area contributed by atoms with E-state index in [0.29, 0.717) is 6.54 Å². The summed E-state index contributed by atoms with van der Waals surface area (Å²) in [5, 5.41) is 5.80. The molecule has 1 rings (SSSR count). The van der Waals surface area contributed by atoms with E-state index in [4.69, 9.17) is 0 Å². The molecule has 116 valence electrons. The molecule has 0 bridgehead atoms. The molecule has 6 heteroatoms. The zero-order valence-corrected chi connectivity index (χ0v) is 13.7. The summed E-state index contributed by atoms with van der Waals surface area (Å²) in [4.78, 5) is 22.8. The van der Waals surface area contributed by atoms with Crippen LogP contribution >= 0.6 is 12.6 Å². The number of methoxy groups -OCH3 is 1. The van der Waals surface area contributed by atoms with Crippen molar-refractivity contribution in [2.24, 2.45) is 10.8 Å². The summed E-state index contributed by atoms with van der Waals surface area (Å²) < 4.78 is 4.67. The summed E-state index contributed by atoms with van der Waals surface area (Å²) in [6.45, 7) is 7.14. The van der Waals surface area contributed by atoms with Crippen molar-refractivity contribution in [3.8, 4) is 0 Å². The normalized spacial score (nSPS) is 28.6. The lowest BCUT2D eigenvalue weighted by molar-refractivity contribution is -0.119. The fourth-order valence-electron chi connectivity index (χ4n) is 3.46. The van der Waals surface area contributed by atoms with Crippen molar-refractivity contribution < 1.29 is 14.3 Å². The number of hydrogen-bond acceptors (Lipinski definition) is 4. The SMILES string of the molecule is COC(=O)NC1CC(C)(C)CC(C)(CNC(=O)CS)C1. The van der Waals surface area contributed by atoms with Gasteiger partial charge in [-0.3, -0.25) is 4.79 Å². The Hall–Kier alpha value is -0.910. The lowest BCUT2D eigenvalue weighted by Gasteiger charge is -2.46. The maximum atomic E-state index is 11.4. The van der Waals surface area contributed by atoms with Crippen LogP contribution in [0.4, 0.5) is 4.79 Å². The van der Waals surface area contributed by atoms with E-state index < -0.39 is 6.09 Å². The molecule has 5 nitrogen and oxygen atoms in total. The first-order chi connectivity index (χ1) is 9.19. The highest BCUT2D eigenvalue weighted by Gasteiger charge is 2.41. The van der Waals surface area contributed by atoms with Crippen LogP contribution in [0.5, 0.6) is 0 Å². The monoisotopic (exact) mass is 302 g/mol. The second kappa shape index (κ2) is 6.70. The molecule has 0 aromatic rings. The minimum Gasteiger partial charge on any atom is -0.453 e. The Balaban J connectivity index is 2.70. The van der Waals surface area contributed by atoms with Crippen molar-refractivity contribution in [1.29, 1.82) is 0 Å². The number of ether oxygens (including phenoxy) is 1. The highest BCUT2D eigenvalue weighted by atomic mass is 32.1. The van der Waals surface area contributed by atoms with E-state index in [1.165, 1.54) is 7.11 Å². The van der Waals surface area contributed by atoms with E-state index in [1.807, 2.05) is 0 Å². The molecule has 2 atom stereocenters. The predicted octanol–water partition coefficient (Wildman–Crippen LogP) is 1.97. The molecule has 0 saturated heterocycles. The molecule has 0 heterocycles. The highest BCUT2D eigenvalue weighted by Crippen LogP contribution is 2.45. The molecule has 2 amide bonds. The van der Waals surface area contributed by atoms with Crippen LogP contribution in [0, 0.1) is 10.8 Å². The second-order valence-electron chi connectivity index (χ2n) is 6.83. The van der Waals surface area contributed by atoms with Crippen LogP contribution < -0.4 is 10.6 Å². The van der Waals surface area contributed by atoms with Gasteiger partial charge in [-0.15, -0.1) is 0 Å². The third kappa shape index (κ3) is 5.23. The summed E-state index contributed by atoms with van der Waals surface area (Å²) in [5.74, 6) is 0.138. The molecule has 0 radical (unpaired) electrons. The zero-order valence-electron chi connectivity index (χ0n) is 12.8. The van der Waals surface area contributed by atoms with Gasteiger partial charge in [0, 0.05) is 12.6 Å². The average Bonchev–Trinajstić information content (AvgIpc) is 2.33. The molecule has 2 N–H and O–H groups in total. The van der Waals surface area contributed by atoms with Crippen LogP contribution in [0.25, 0.3) is 0 Å². The van der Waals surface area contributed by atoms with E-state index in [2.05, 4.69) is 48.8 Å². The molecule has 1 aliphatic rings. The van der Waals surface area contributed by atoms with Crippen LogP contribution in [0.15, 0.2) is 0 Å². The van der Waals surface area contributed by atoms with Gasteiger partial charge in [-0.25, -0.2) is 4.79 Å². The maximum absolute atomic E-state index is 11.4. The van der Waals surface area contributed by atoms with Gasteiger partial charge in [0.15, 0.2) is 0 Å². The number of amides is 2. The van der Waals surface area contributed by atoms with Crippen LogP contribution in [-0.4, -0.2) is 37.4 Å². The molecular weight excluding hydrogens is 276 g/mol. The Labute approximate surface area is 126 Å². The predicted molar refractivity (Wildman–Crippen MR) is 81.9 cm³/mol. The van der Waals surface area contributed by atoms with Gasteiger partial charge < -0.3 is 15.4 Å². The smallest absolute Gasteiger partial charge is 0.407 e. The number of nitrogens with one attached hydrogen (secondary N) is 2. The third-order valence-electron chi connectivity index (χ3n) is 3.81. The lowest BCUT2D eigenvalue weighted by Crippen LogP contribution is -2.50. The molecule has 0 aromatic carbocycles. The second-order valence-corrected chi connectivity index (χ2v) is 7.14. The molecule has 1 aliphatic carbocycles. The van der Waals surface area contributed by atoms with Crippen LogP contribution in [0.1, 0.15) is 40.0 Å². The van der Waals surface area contributed by atoms with Gasteiger partial charge in [-0.1, -0.05) is 20.8 Å². The number of carbonyl (C=O) groups excluding carboxylic acids is 2. The fraction of sp³-hybridized carbons (Fsp3) is 0.857. The van der Waals surface area contributed by atoms with E-state index >= 15 is 0 Å². The number of carbonyl (C=O) groups is 2. The average molecular weight is 302 g/mol. The summed E-state index contributed by atoms with van der Waals surface area (Å²) in [7, 11) is 1.37. The molecule has 0 spiro atoms. The third-order valence-corrected chi connectivity index (χ3v) is 4.09. The first-order valence-electron chi connectivity index (χ1n) is 6.92. The molecule has 2 unspecified atom stereocenters. The zero-order chi connectivity index (χ0) is 15.4. The van der Waals surface area contributed by atoms with Gasteiger partial charge in [0.05, 0.1) is 12.9 Å². The van der Waals surface area contributed by atoms with Crippen LogP contribution in [-0.2, 0) is 9.53 Å². The fourth-order valence-corrected chi connectivity index (χ4v) is 3.58. The Morgan fingerprint density at radius 1 is 1.30 bits per heavy atom. The number of alkyl carbamates (subject to hydrolysis) is 1. The first-order valence-corrected chi connectivity index (χ1v) is 7.55. The number of thiol groups is 1. The first kappa shape index (κ1) is 17.1. The summed E-state index contributed by atoms with van der Waals surface area (Å²) in [5.41, 5.74) is 0.0798. The summed E-state index contributed by atoms with van der Waals surface area (Å²) in [6.07, 6.45) is 2.36. The molecule has 1 saturated carbocycles. The van der Waals surface area contributed by atoms with Gasteiger partial charge >= 0.3 is 6.09 Å². The van der Waals surface area contributed by atoms with Gasteiger partial charge in [-0.2, -0.15) is 12.6 Å². The molecule has 20 heavy (non-hydrogen) atoms. The lowest BCUT2D eigenvalue weighted by atomic mass is 9.62. The summed E-state index contributed by atoms with van der Waals surface area (Å²) in [6, 6.07) is 0.0732. The molecular formula is C14H26N2O3S. The van der Waals surface area contributed by atoms with Gasteiger partial charge in [0.1, 0.15) is 0 Å². The molecule has 0 aliphatic heterocycles. The van der Waals surface area contributed by atoms with Gasteiger partial charge in [-0.05, 0) is 30.1 Å². The van der Waals surface area contributed by atoms with Crippen LogP contribution in [0.3, 0.4) is 0 Å². The van der Waals surface area contributed by atoms with Gasteiger partial charge in [0.2, 0.25) is 5.91 Å². The van der Waals surface area contributed by atoms with E-state index in [9.17, 15) is 9.59 Å². The van der Waals surface area contributed by atoms with E-state index in [1.54, 1.807) is 0 Å². The van der Waals surface area contributed by atoms with Gasteiger partial charge in [0.25, 0.3) is 0 Å². The van der Waals surface area contributed by atoms with Crippen molar-refractivity contribution in [2.75, 3.05) is 19.4 Å². The standard InChI is InChI=1S/C14H26N2O3S/c1-13(2)5-10(16-12(18)19-4)6-14(3,8-13)9-15-11(17)7-20/h10,20H,5-9H2,1-4H3,(H,15,17)(H,16,18). The number of rotatable bonds is 4. The maximum Gasteiger partial charge on any atom is 0.407 e. The topological polar surface area (TPSA) is 67.4 Å². The quantitative estimate of drug-likeness (QED) is 0.696. The van der Waals surface area contributed by atoms with Crippen molar-refractivity contribution in [3.05, 3.63) is 0 Å². The Morgan fingerprint density at radius 2 is 1.95 bits per heavy atom. The number of hydrogen-bond donors (Lipinski definition) is 3. The summed E-state index contributed by atoms with van der Waals surface area (Å²) >= 11 is 3.96. The van der Waals surface area contributed by atoms with Crippen molar-refractivity contribution in [1.82, 2.24) is 10.6 Å². The Morgan fingerprint density at radius 3 is 2.50 bits per heavy atom. The largest absolute Gasteiger partial charge is 0.453 e. The highest BCUT2D eigenvalue weighted by molar-refractivity contribution is 7.81. The Kier molecular flexibility index (Phi) is 5.74. The molecule has 0 aromatic heterocycles. The van der Waals surface area contributed by atoms with E-state index in [-0.39, 0.29) is 28.5 Å². The minimum absolute atomic E-state index is 0.0357. The van der Waals surface area contributed by atoms with Crippen molar-refractivity contribution in [2.45, 2.75) is 46.1 Å². The van der Waals surface area contributed by atoms with E-state index in [0.717, 1.165) is 19.3 Å². The van der Waals surface area contributed by atoms with Crippen molar-refractivity contribution in [3.63, 3.8) is 0 Å². The Bertz CT molecular complexity index is 373.